The van der Waals surface area contributed by atoms with Crippen molar-refractivity contribution in [2.24, 2.45) is 0 Å². The van der Waals surface area contributed by atoms with Gasteiger partial charge in [0.2, 0.25) is 0 Å². The molecule has 1 saturated heterocycles. The largest absolute Gasteiger partial charge is 0.435 e. The Morgan fingerprint density at radius 3 is 2.57 bits per heavy atom. The standard InChI is InChI=1S/C20H25F3N4O/c1-14-17(19(28)26(3)12-15-8-5-4-6-9-15)18(20(21,22)23)24-27(14)16-10-7-11-25(2)13-16/h4-6,8-9,16H,7,10-13H2,1-3H3. The van der Waals surface area contributed by atoms with E-state index in [0.717, 1.165) is 24.9 Å². The number of alkyl halides is 3. The van der Waals surface area contributed by atoms with Crippen molar-refractivity contribution in [3.63, 3.8) is 0 Å². The summed E-state index contributed by atoms with van der Waals surface area (Å²) >= 11 is 0. The van der Waals surface area contributed by atoms with Crippen LogP contribution >= 0.6 is 0 Å². The van der Waals surface area contributed by atoms with Crippen molar-refractivity contribution < 1.29 is 18.0 Å². The van der Waals surface area contributed by atoms with Crippen LogP contribution < -0.4 is 0 Å². The van der Waals surface area contributed by atoms with Crippen molar-refractivity contribution >= 4 is 5.91 Å². The number of amides is 1. The summed E-state index contributed by atoms with van der Waals surface area (Å²) in [6, 6.07) is 9.02. The smallest absolute Gasteiger partial charge is 0.337 e. The van der Waals surface area contributed by atoms with Gasteiger partial charge in [0, 0.05) is 25.8 Å². The van der Waals surface area contributed by atoms with Crippen LogP contribution in [0.25, 0.3) is 0 Å². The van der Waals surface area contributed by atoms with Crippen LogP contribution in [0.5, 0.6) is 0 Å². The summed E-state index contributed by atoms with van der Waals surface area (Å²) in [5.41, 5.74) is -0.314. The fraction of sp³-hybridized carbons (Fsp3) is 0.500. The van der Waals surface area contributed by atoms with E-state index < -0.39 is 17.8 Å². The Balaban J connectivity index is 1.95. The molecule has 3 rings (SSSR count). The summed E-state index contributed by atoms with van der Waals surface area (Å²) in [6.45, 7) is 3.32. The van der Waals surface area contributed by atoms with Crippen molar-refractivity contribution in [3.05, 3.63) is 52.8 Å². The molecular formula is C20H25F3N4O. The van der Waals surface area contributed by atoms with Gasteiger partial charge in [-0.05, 0) is 38.9 Å². The molecule has 1 aliphatic heterocycles. The first-order valence-corrected chi connectivity index (χ1v) is 9.32. The van der Waals surface area contributed by atoms with Crippen molar-refractivity contribution in [2.45, 2.75) is 38.5 Å². The molecule has 1 unspecified atom stereocenters. The average Bonchev–Trinajstić information content (AvgIpc) is 2.99. The minimum atomic E-state index is -4.69. The lowest BCUT2D eigenvalue weighted by molar-refractivity contribution is -0.142. The molecular weight excluding hydrogens is 369 g/mol. The van der Waals surface area contributed by atoms with Gasteiger partial charge < -0.3 is 9.80 Å². The van der Waals surface area contributed by atoms with Crippen LogP contribution in [0.2, 0.25) is 0 Å². The Kier molecular flexibility index (Phi) is 5.79. The van der Waals surface area contributed by atoms with Crippen molar-refractivity contribution in [2.75, 3.05) is 27.2 Å². The summed E-state index contributed by atoms with van der Waals surface area (Å²) in [5.74, 6) is -0.663. The summed E-state index contributed by atoms with van der Waals surface area (Å²) in [7, 11) is 3.45. The second kappa shape index (κ2) is 7.95. The lowest BCUT2D eigenvalue weighted by Gasteiger charge is -2.30. The van der Waals surface area contributed by atoms with Crippen LogP contribution in [0.1, 0.15) is 46.2 Å². The Morgan fingerprint density at radius 2 is 1.96 bits per heavy atom. The summed E-state index contributed by atoms with van der Waals surface area (Å²) < 4.78 is 42.4. The number of piperidine rings is 1. The van der Waals surface area contributed by atoms with Gasteiger partial charge in [-0.2, -0.15) is 18.3 Å². The predicted octanol–water partition coefficient (Wildman–Crippen LogP) is 3.75. The first-order valence-electron chi connectivity index (χ1n) is 9.32. The molecule has 1 amide bonds. The topological polar surface area (TPSA) is 41.4 Å². The van der Waals surface area contributed by atoms with Crippen LogP contribution in [-0.4, -0.2) is 52.7 Å². The van der Waals surface area contributed by atoms with Crippen LogP contribution in [0, 0.1) is 6.92 Å². The van der Waals surface area contributed by atoms with Crippen LogP contribution in [0.4, 0.5) is 13.2 Å². The summed E-state index contributed by atoms with van der Waals surface area (Å²) in [5, 5.41) is 3.87. The number of likely N-dealkylation sites (N-methyl/N-ethyl adjacent to an activating group) is 1. The zero-order valence-corrected chi connectivity index (χ0v) is 16.3. The molecule has 0 saturated carbocycles. The SMILES string of the molecule is Cc1c(C(=O)N(C)Cc2ccccc2)c(C(F)(F)F)nn1C1CCCN(C)C1. The highest BCUT2D eigenvalue weighted by molar-refractivity contribution is 5.96. The molecule has 1 aliphatic rings. The second-order valence-electron chi connectivity index (χ2n) is 7.46. The van der Waals surface area contributed by atoms with Gasteiger partial charge >= 0.3 is 6.18 Å². The van der Waals surface area contributed by atoms with Gasteiger partial charge in [0.05, 0.1) is 11.6 Å². The summed E-state index contributed by atoms with van der Waals surface area (Å²) in [4.78, 5) is 16.3. The minimum absolute atomic E-state index is 0.166. The zero-order chi connectivity index (χ0) is 20.5. The van der Waals surface area contributed by atoms with E-state index >= 15 is 0 Å². The number of halogens is 3. The number of carbonyl (C=O) groups excluding carboxylic acids is 1. The van der Waals surface area contributed by atoms with Gasteiger partial charge in [0.25, 0.3) is 5.91 Å². The van der Waals surface area contributed by atoms with Crippen LogP contribution in [0.15, 0.2) is 30.3 Å². The first-order chi connectivity index (χ1) is 13.2. The summed E-state index contributed by atoms with van der Waals surface area (Å²) in [6.07, 6.45) is -3.05. The third kappa shape index (κ3) is 4.22. The maximum absolute atomic E-state index is 13.7. The van der Waals surface area contributed by atoms with Crippen molar-refractivity contribution in [3.8, 4) is 0 Å². The number of hydrogen-bond acceptors (Lipinski definition) is 3. The van der Waals surface area contributed by atoms with Crippen LogP contribution in [0.3, 0.4) is 0 Å². The molecule has 1 aromatic heterocycles. The molecule has 8 heteroatoms. The Labute approximate surface area is 162 Å². The Bertz CT molecular complexity index is 832. The van der Waals surface area contributed by atoms with E-state index in [1.807, 2.05) is 37.4 Å². The molecule has 1 aromatic carbocycles. The highest BCUT2D eigenvalue weighted by atomic mass is 19.4. The monoisotopic (exact) mass is 394 g/mol. The van der Waals surface area contributed by atoms with Crippen molar-refractivity contribution in [1.29, 1.82) is 0 Å². The fourth-order valence-corrected chi connectivity index (χ4v) is 3.79. The lowest BCUT2D eigenvalue weighted by atomic mass is 10.1. The molecule has 2 aromatic rings. The Hall–Kier alpha value is -2.35. The van der Waals surface area contributed by atoms with E-state index in [1.54, 1.807) is 6.92 Å². The molecule has 0 N–H and O–H groups in total. The van der Waals surface area contributed by atoms with E-state index in [1.165, 1.54) is 16.6 Å². The third-order valence-electron chi connectivity index (χ3n) is 5.19. The maximum atomic E-state index is 13.7. The van der Waals surface area contributed by atoms with Gasteiger partial charge in [-0.1, -0.05) is 30.3 Å². The number of aromatic nitrogens is 2. The maximum Gasteiger partial charge on any atom is 0.435 e. The molecule has 152 valence electrons. The lowest BCUT2D eigenvalue weighted by Crippen LogP contribution is -2.34. The number of hydrogen-bond donors (Lipinski definition) is 0. The fourth-order valence-electron chi connectivity index (χ4n) is 3.79. The Morgan fingerprint density at radius 1 is 1.29 bits per heavy atom. The van der Waals surface area contributed by atoms with E-state index in [9.17, 15) is 18.0 Å². The van der Waals surface area contributed by atoms with Gasteiger partial charge in [0.1, 0.15) is 0 Å². The molecule has 0 bridgehead atoms. The third-order valence-corrected chi connectivity index (χ3v) is 5.19. The van der Waals surface area contributed by atoms with E-state index in [2.05, 4.69) is 10.00 Å². The van der Waals surface area contributed by atoms with Gasteiger partial charge in [-0.15, -0.1) is 0 Å². The zero-order valence-electron chi connectivity index (χ0n) is 16.3. The quantitative estimate of drug-likeness (QED) is 0.793. The van der Waals surface area contributed by atoms with E-state index in [4.69, 9.17) is 0 Å². The van der Waals surface area contributed by atoms with Crippen molar-refractivity contribution in [1.82, 2.24) is 19.6 Å². The molecule has 1 fully saturated rings. The van der Waals surface area contributed by atoms with Gasteiger partial charge in [-0.3, -0.25) is 9.48 Å². The molecule has 2 heterocycles. The average molecular weight is 394 g/mol. The number of likely N-dealkylation sites (tertiary alicyclic amines) is 1. The molecule has 0 aliphatic carbocycles. The van der Waals surface area contributed by atoms with Crippen LogP contribution in [-0.2, 0) is 12.7 Å². The second-order valence-corrected chi connectivity index (χ2v) is 7.46. The first kappa shape index (κ1) is 20.4. The normalized spacial score (nSPS) is 18.3. The number of nitrogens with zero attached hydrogens (tertiary/aromatic N) is 4. The predicted molar refractivity (Wildman–Crippen MR) is 100.0 cm³/mol. The number of rotatable bonds is 4. The molecule has 1 atom stereocenters. The molecule has 0 radical (unpaired) electrons. The number of benzene rings is 1. The molecule has 5 nitrogen and oxygen atoms in total. The highest BCUT2D eigenvalue weighted by Gasteiger charge is 2.42. The van der Waals surface area contributed by atoms with Gasteiger partial charge in [-0.25, -0.2) is 0 Å². The van der Waals surface area contributed by atoms with E-state index in [-0.39, 0.29) is 23.8 Å². The minimum Gasteiger partial charge on any atom is -0.337 e. The number of carbonyl (C=O) groups is 1. The van der Waals surface area contributed by atoms with E-state index in [0.29, 0.717) is 6.54 Å². The molecule has 0 spiro atoms. The highest BCUT2D eigenvalue weighted by Crippen LogP contribution is 2.35. The van der Waals surface area contributed by atoms with Gasteiger partial charge in [0.15, 0.2) is 5.69 Å². The molecule has 28 heavy (non-hydrogen) atoms.